The number of Topliss-reactive ketones (excluding diaryl/α,β-unsaturated/α-hetero) is 1. The third-order valence-corrected chi connectivity index (χ3v) is 3.63. The molecule has 0 fully saturated rings. The molecule has 0 saturated carbocycles. The number of halogens is 1. The molecule has 106 valence electrons. The van der Waals surface area contributed by atoms with Crippen LogP contribution in [-0.4, -0.2) is 16.3 Å². The molecule has 5 heteroatoms. The molecule has 0 bridgehead atoms. The summed E-state index contributed by atoms with van der Waals surface area (Å²) in [5.74, 6) is -1.12. The normalized spacial score (nSPS) is 11.2. The van der Waals surface area contributed by atoms with Crippen molar-refractivity contribution >= 4 is 38.5 Å². The number of hydrogen-bond donors (Lipinski definition) is 1. The zero-order chi connectivity index (χ0) is 15.0. The number of amides is 1. The summed E-state index contributed by atoms with van der Waals surface area (Å²) in [6.45, 7) is 6.90. The Labute approximate surface area is 126 Å². The van der Waals surface area contributed by atoms with Crippen LogP contribution in [0.1, 0.15) is 29.8 Å². The van der Waals surface area contributed by atoms with Gasteiger partial charge in [0.15, 0.2) is 0 Å². The van der Waals surface area contributed by atoms with Crippen molar-refractivity contribution in [3.05, 3.63) is 33.9 Å². The molecule has 4 nitrogen and oxygen atoms in total. The zero-order valence-corrected chi connectivity index (χ0v) is 13.3. The van der Waals surface area contributed by atoms with Gasteiger partial charge in [0.1, 0.15) is 0 Å². The van der Waals surface area contributed by atoms with Gasteiger partial charge < -0.3 is 10.3 Å². The standard InChI is InChI=1S/C15H17BrN2O2/c1-8(2)6-18-7-11(14(19)15(17)20)13-9(3)4-10(16)5-12(13)18/h4-5,7-8H,6H2,1-3H3,(H2,17,20). The fourth-order valence-electron chi connectivity index (χ4n) is 2.44. The first kappa shape index (κ1) is 14.8. The van der Waals surface area contributed by atoms with E-state index in [2.05, 4.69) is 29.8 Å². The summed E-state index contributed by atoms with van der Waals surface area (Å²) in [5.41, 5.74) is 7.42. The smallest absolute Gasteiger partial charge is 0.289 e. The summed E-state index contributed by atoms with van der Waals surface area (Å²) in [5, 5.41) is 0.803. The van der Waals surface area contributed by atoms with Crippen LogP contribution in [0.3, 0.4) is 0 Å². The lowest BCUT2D eigenvalue weighted by Crippen LogP contribution is -2.23. The minimum absolute atomic E-state index is 0.387. The number of aromatic nitrogens is 1. The summed E-state index contributed by atoms with van der Waals surface area (Å²) in [6, 6.07) is 3.89. The number of aryl methyl sites for hydroxylation is 1. The van der Waals surface area contributed by atoms with Crippen molar-refractivity contribution in [1.82, 2.24) is 4.57 Å². The van der Waals surface area contributed by atoms with Crippen LogP contribution in [0.2, 0.25) is 0 Å². The zero-order valence-electron chi connectivity index (χ0n) is 11.7. The molecule has 20 heavy (non-hydrogen) atoms. The van der Waals surface area contributed by atoms with Crippen LogP contribution < -0.4 is 5.73 Å². The van der Waals surface area contributed by atoms with Gasteiger partial charge in [-0.15, -0.1) is 0 Å². The molecule has 0 saturated heterocycles. The van der Waals surface area contributed by atoms with Crippen molar-refractivity contribution in [2.45, 2.75) is 27.3 Å². The Morgan fingerprint density at radius 3 is 2.55 bits per heavy atom. The molecule has 0 aliphatic rings. The van der Waals surface area contributed by atoms with E-state index in [1.165, 1.54) is 0 Å². The lowest BCUT2D eigenvalue weighted by Gasteiger charge is -2.09. The Hall–Kier alpha value is -1.62. The monoisotopic (exact) mass is 336 g/mol. The van der Waals surface area contributed by atoms with Crippen molar-refractivity contribution in [1.29, 1.82) is 0 Å². The predicted octanol–water partition coefficient (Wildman–Crippen LogP) is 3.04. The van der Waals surface area contributed by atoms with Crippen LogP contribution in [0.5, 0.6) is 0 Å². The third kappa shape index (κ3) is 2.63. The van der Waals surface area contributed by atoms with Gasteiger partial charge in [-0.05, 0) is 30.5 Å². The molecule has 0 unspecified atom stereocenters. The number of benzene rings is 1. The molecule has 1 amide bonds. The highest BCUT2D eigenvalue weighted by Gasteiger charge is 2.21. The Morgan fingerprint density at radius 1 is 1.35 bits per heavy atom. The highest BCUT2D eigenvalue weighted by Crippen LogP contribution is 2.29. The SMILES string of the molecule is Cc1cc(Br)cc2c1c(C(=O)C(N)=O)cn2CC(C)C. The first-order valence-electron chi connectivity index (χ1n) is 6.44. The maximum atomic E-state index is 12.0. The summed E-state index contributed by atoms with van der Waals surface area (Å²) in [6.07, 6.45) is 1.73. The highest BCUT2D eigenvalue weighted by molar-refractivity contribution is 9.10. The van der Waals surface area contributed by atoms with E-state index in [0.29, 0.717) is 11.5 Å². The molecule has 0 aliphatic heterocycles. The fourth-order valence-corrected chi connectivity index (χ4v) is 3.00. The molecule has 2 rings (SSSR count). The molecular weight excluding hydrogens is 320 g/mol. The van der Waals surface area contributed by atoms with Gasteiger partial charge in [-0.3, -0.25) is 9.59 Å². The van der Waals surface area contributed by atoms with Crippen LogP contribution in [0.15, 0.2) is 22.8 Å². The van der Waals surface area contributed by atoms with Crippen LogP contribution in [-0.2, 0) is 11.3 Å². The minimum atomic E-state index is -0.920. The minimum Gasteiger partial charge on any atom is -0.363 e. The number of hydrogen-bond acceptors (Lipinski definition) is 2. The van der Waals surface area contributed by atoms with Gasteiger partial charge in [-0.25, -0.2) is 0 Å². The van der Waals surface area contributed by atoms with E-state index in [1.807, 2.05) is 23.6 Å². The van der Waals surface area contributed by atoms with E-state index in [9.17, 15) is 9.59 Å². The van der Waals surface area contributed by atoms with Crippen molar-refractivity contribution < 1.29 is 9.59 Å². The lowest BCUT2D eigenvalue weighted by atomic mass is 10.0. The van der Waals surface area contributed by atoms with Gasteiger partial charge in [-0.1, -0.05) is 29.8 Å². The number of carbonyl (C=O) groups excluding carboxylic acids is 2. The van der Waals surface area contributed by atoms with Crippen LogP contribution in [0, 0.1) is 12.8 Å². The second-order valence-electron chi connectivity index (χ2n) is 5.40. The van der Waals surface area contributed by atoms with Gasteiger partial charge in [0.25, 0.3) is 11.7 Å². The van der Waals surface area contributed by atoms with Gasteiger partial charge in [0.05, 0.1) is 11.1 Å². The third-order valence-electron chi connectivity index (χ3n) is 3.17. The van der Waals surface area contributed by atoms with Crippen molar-refractivity contribution in [3.8, 4) is 0 Å². The molecule has 0 aliphatic carbocycles. The lowest BCUT2D eigenvalue weighted by molar-refractivity contribution is -0.114. The first-order chi connectivity index (χ1) is 9.31. The second-order valence-corrected chi connectivity index (χ2v) is 6.31. The maximum absolute atomic E-state index is 12.0. The summed E-state index contributed by atoms with van der Waals surface area (Å²) < 4.78 is 2.96. The van der Waals surface area contributed by atoms with Crippen molar-refractivity contribution in [2.75, 3.05) is 0 Å². The average molecular weight is 337 g/mol. The molecule has 0 radical (unpaired) electrons. The number of ketones is 1. The Morgan fingerprint density at radius 2 is 2.00 bits per heavy atom. The van der Waals surface area contributed by atoms with E-state index < -0.39 is 11.7 Å². The van der Waals surface area contributed by atoms with Gasteiger partial charge in [-0.2, -0.15) is 0 Å². The number of carbonyl (C=O) groups is 2. The van der Waals surface area contributed by atoms with E-state index in [4.69, 9.17) is 5.73 Å². The number of fused-ring (bicyclic) bond motifs is 1. The molecular formula is C15H17BrN2O2. The Balaban J connectivity index is 2.76. The van der Waals surface area contributed by atoms with Crippen molar-refractivity contribution in [2.24, 2.45) is 11.7 Å². The topological polar surface area (TPSA) is 65.1 Å². The Bertz CT molecular complexity index is 701. The predicted molar refractivity (Wildman–Crippen MR) is 82.7 cm³/mol. The van der Waals surface area contributed by atoms with Gasteiger partial charge in [0.2, 0.25) is 0 Å². The molecule has 2 aromatic rings. The summed E-state index contributed by atoms with van der Waals surface area (Å²) >= 11 is 3.47. The maximum Gasteiger partial charge on any atom is 0.289 e. The van der Waals surface area contributed by atoms with E-state index >= 15 is 0 Å². The van der Waals surface area contributed by atoms with E-state index in [-0.39, 0.29) is 0 Å². The number of rotatable bonds is 4. The average Bonchev–Trinajstić information content (AvgIpc) is 2.66. The first-order valence-corrected chi connectivity index (χ1v) is 7.23. The number of primary amides is 1. The molecule has 1 aromatic carbocycles. The Kier molecular flexibility index (Phi) is 3.99. The number of nitrogens with two attached hydrogens (primary N) is 1. The molecule has 0 atom stereocenters. The van der Waals surface area contributed by atoms with E-state index in [0.717, 1.165) is 27.5 Å². The quantitative estimate of drug-likeness (QED) is 0.688. The fraction of sp³-hybridized carbons (Fsp3) is 0.333. The van der Waals surface area contributed by atoms with E-state index in [1.54, 1.807) is 6.20 Å². The van der Waals surface area contributed by atoms with Gasteiger partial charge >= 0.3 is 0 Å². The van der Waals surface area contributed by atoms with Gasteiger partial charge in [0, 0.05) is 22.6 Å². The van der Waals surface area contributed by atoms with Crippen LogP contribution in [0.4, 0.5) is 0 Å². The number of nitrogens with zero attached hydrogens (tertiary/aromatic N) is 1. The molecule has 0 spiro atoms. The molecule has 1 heterocycles. The highest BCUT2D eigenvalue weighted by atomic mass is 79.9. The van der Waals surface area contributed by atoms with Crippen LogP contribution in [0.25, 0.3) is 10.9 Å². The largest absolute Gasteiger partial charge is 0.363 e. The summed E-state index contributed by atoms with van der Waals surface area (Å²) in [4.78, 5) is 23.2. The second kappa shape index (κ2) is 5.40. The van der Waals surface area contributed by atoms with Crippen molar-refractivity contribution in [3.63, 3.8) is 0 Å². The van der Waals surface area contributed by atoms with Crippen LogP contribution >= 0.6 is 15.9 Å². The molecule has 1 aromatic heterocycles. The summed E-state index contributed by atoms with van der Waals surface area (Å²) in [7, 11) is 0. The molecule has 2 N–H and O–H groups in total.